The van der Waals surface area contributed by atoms with Gasteiger partial charge in [-0.15, -0.1) is 0 Å². The summed E-state index contributed by atoms with van der Waals surface area (Å²) in [6.07, 6.45) is -0.119. The Morgan fingerprint density at radius 1 is 1.45 bits per heavy atom. The summed E-state index contributed by atoms with van der Waals surface area (Å²) < 4.78 is 9.87. The Morgan fingerprint density at radius 2 is 2.10 bits per heavy atom. The molecule has 0 saturated heterocycles. The first-order chi connectivity index (χ1) is 9.25. The van der Waals surface area contributed by atoms with Crippen LogP contribution in [0.15, 0.2) is 10.6 Å². The van der Waals surface area contributed by atoms with Gasteiger partial charge in [-0.1, -0.05) is 5.16 Å². The molecule has 0 aliphatic heterocycles. The van der Waals surface area contributed by atoms with Gasteiger partial charge in [0.05, 0.1) is 6.42 Å². The fourth-order valence-electron chi connectivity index (χ4n) is 1.71. The fraction of sp³-hybridized carbons (Fsp3) is 0.615. The zero-order valence-corrected chi connectivity index (χ0v) is 12.2. The number of aromatic nitrogens is 1. The molecule has 7 nitrogen and oxygen atoms in total. The topological polar surface area (TPSA) is 92.9 Å². The smallest absolute Gasteiger partial charge is 0.305 e. The minimum atomic E-state index is -0.952. The molecule has 0 aromatic carbocycles. The predicted molar refractivity (Wildman–Crippen MR) is 70.3 cm³/mol. The number of amides is 1. The van der Waals surface area contributed by atoms with Crippen LogP contribution in [0.4, 0.5) is 0 Å². The summed E-state index contributed by atoms with van der Waals surface area (Å²) in [6.45, 7) is 5.85. The third-order valence-corrected chi connectivity index (χ3v) is 2.67. The average Bonchev–Trinajstić information content (AvgIpc) is 2.76. The standard InChI is InChI=1S/C13H20N2O5/c1-13(2,3)15(6-5-11(16)17)12(18)10-7-9(8-19-4)20-14-10/h7H,5-6,8H2,1-4H3,(H,16,17). The molecule has 0 bridgehead atoms. The normalized spacial score (nSPS) is 11.4. The largest absolute Gasteiger partial charge is 0.481 e. The Balaban J connectivity index is 2.88. The van der Waals surface area contributed by atoms with Gasteiger partial charge >= 0.3 is 5.97 Å². The summed E-state index contributed by atoms with van der Waals surface area (Å²) >= 11 is 0. The average molecular weight is 284 g/mol. The Kier molecular flexibility index (Phi) is 5.26. The molecular weight excluding hydrogens is 264 g/mol. The fourth-order valence-corrected chi connectivity index (χ4v) is 1.71. The van der Waals surface area contributed by atoms with Crippen molar-refractivity contribution in [3.05, 3.63) is 17.5 Å². The highest BCUT2D eigenvalue weighted by Crippen LogP contribution is 2.18. The lowest BCUT2D eigenvalue weighted by atomic mass is 10.0. The van der Waals surface area contributed by atoms with E-state index in [2.05, 4.69) is 5.16 Å². The van der Waals surface area contributed by atoms with E-state index >= 15 is 0 Å². The maximum absolute atomic E-state index is 12.4. The van der Waals surface area contributed by atoms with E-state index < -0.39 is 11.5 Å². The zero-order valence-electron chi connectivity index (χ0n) is 12.2. The van der Waals surface area contributed by atoms with Gasteiger partial charge in [-0.2, -0.15) is 0 Å². The van der Waals surface area contributed by atoms with E-state index in [0.717, 1.165) is 0 Å². The van der Waals surface area contributed by atoms with E-state index in [-0.39, 0.29) is 31.2 Å². The van der Waals surface area contributed by atoms with Gasteiger partial charge in [-0.3, -0.25) is 9.59 Å². The van der Waals surface area contributed by atoms with Crippen LogP contribution in [0.1, 0.15) is 43.4 Å². The van der Waals surface area contributed by atoms with Gasteiger partial charge in [-0.25, -0.2) is 0 Å². The molecule has 7 heteroatoms. The van der Waals surface area contributed by atoms with Crippen molar-refractivity contribution >= 4 is 11.9 Å². The van der Waals surface area contributed by atoms with Gasteiger partial charge in [0.15, 0.2) is 11.5 Å². The monoisotopic (exact) mass is 284 g/mol. The number of carboxylic acid groups (broad SMARTS) is 1. The Labute approximate surface area is 117 Å². The molecule has 1 heterocycles. The van der Waals surface area contributed by atoms with Crippen LogP contribution in [0.2, 0.25) is 0 Å². The van der Waals surface area contributed by atoms with Crippen molar-refractivity contribution in [2.45, 2.75) is 39.3 Å². The molecule has 1 aromatic rings. The van der Waals surface area contributed by atoms with Gasteiger partial charge in [0.2, 0.25) is 0 Å². The zero-order chi connectivity index (χ0) is 15.3. The predicted octanol–water partition coefficient (Wildman–Crippen LogP) is 1.54. The minimum absolute atomic E-state index is 0.115. The Bertz CT molecular complexity index is 475. The third kappa shape index (κ3) is 4.34. The van der Waals surface area contributed by atoms with Crippen molar-refractivity contribution in [2.24, 2.45) is 0 Å². The number of nitrogens with zero attached hydrogens (tertiary/aromatic N) is 2. The molecule has 20 heavy (non-hydrogen) atoms. The highest BCUT2D eigenvalue weighted by molar-refractivity contribution is 5.93. The van der Waals surface area contributed by atoms with Crippen molar-refractivity contribution in [3.63, 3.8) is 0 Å². The quantitative estimate of drug-likeness (QED) is 0.851. The molecule has 0 aliphatic rings. The number of carbonyl (C=O) groups excluding carboxylic acids is 1. The first-order valence-electron chi connectivity index (χ1n) is 6.24. The van der Waals surface area contributed by atoms with E-state index in [1.165, 1.54) is 18.1 Å². The second-order valence-corrected chi connectivity index (χ2v) is 5.38. The van der Waals surface area contributed by atoms with Gasteiger partial charge in [0, 0.05) is 25.3 Å². The number of hydrogen-bond acceptors (Lipinski definition) is 5. The van der Waals surface area contributed by atoms with Crippen molar-refractivity contribution in [1.29, 1.82) is 0 Å². The number of aliphatic carboxylic acids is 1. The number of ether oxygens (including phenoxy) is 1. The lowest BCUT2D eigenvalue weighted by Gasteiger charge is -2.34. The number of methoxy groups -OCH3 is 1. The highest BCUT2D eigenvalue weighted by atomic mass is 16.5. The van der Waals surface area contributed by atoms with Crippen LogP contribution in [0, 0.1) is 0 Å². The molecule has 1 aromatic heterocycles. The lowest BCUT2D eigenvalue weighted by molar-refractivity contribution is -0.137. The van der Waals surface area contributed by atoms with Crippen LogP contribution >= 0.6 is 0 Å². The van der Waals surface area contributed by atoms with Crippen LogP contribution < -0.4 is 0 Å². The molecule has 112 valence electrons. The van der Waals surface area contributed by atoms with Gasteiger partial charge in [0.25, 0.3) is 5.91 Å². The number of carboxylic acids is 1. The van der Waals surface area contributed by atoms with Gasteiger partial charge in [-0.05, 0) is 20.8 Å². The summed E-state index contributed by atoms with van der Waals surface area (Å²) in [7, 11) is 1.51. The third-order valence-electron chi connectivity index (χ3n) is 2.67. The van der Waals surface area contributed by atoms with Crippen LogP contribution in [-0.4, -0.2) is 46.2 Å². The van der Waals surface area contributed by atoms with E-state index in [1.54, 1.807) is 0 Å². The van der Waals surface area contributed by atoms with Gasteiger partial charge in [0.1, 0.15) is 6.61 Å². The second kappa shape index (κ2) is 6.51. The second-order valence-electron chi connectivity index (χ2n) is 5.38. The van der Waals surface area contributed by atoms with E-state index in [1.807, 2.05) is 20.8 Å². The first kappa shape index (κ1) is 16.2. The van der Waals surface area contributed by atoms with Crippen molar-refractivity contribution in [3.8, 4) is 0 Å². The van der Waals surface area contributed by atoms with E-state index in [9.17, 15) is 9.59 Å². The van der Waals surface area contributed by atoms with Crippen molar-refractivity contribution < 1.29 is 24.0 Å². The molecule has 0 atom stereocenters. The summed E-state index contributed by atoms with van der Waals surface area (Å²) in [6, 6.07) is 1.51. The van der Waals surface area contributed by atoms with Gasteiger partial charge < -0.3 is 19.3 Å². The minimum Gasteiger partial charge on any atom is -0.481 e. The first-order valence-corrected chi connectivity index (χ1v) is 6.24. The van der Waals surface area contributed by atoms with Crippen molar-refractivity contribution in [2.75, 3.05) is 13.7 Å². The molecule has 1 amide bonds. The SMILES string of the molecule is COCc1cc(C(=O)N(CCC(=O)O)C(C)(C)C)no1. The summed E-state index contributed by atoms with van der Waals surface area (Å²) in [5, 5.41) is 12.5. The van der Waals surface area contributed by atoms with E-state index in [4.69, 9.17) is 14.4 Å². The van der Waals surface area contributed by atoms with E-state index in [0.29, 0.717) is 5.76 Å². The Hall–Kier alpha value is -1.89. The maximum Gasteiger partial charge on any atom is 0.305 e. The Morgan fingerprint density at radius 3 is 2.60 bits per heavy atom. The molecule has 1 rings (SSSR count). The van der Waals surface area contributed by atoms with Crippen LogP contribution in [0.3, 0.4) is 0 Å². The molecule has 0 spiro atoms. The lowest BCUT2D eigenvalue weighted by Crippen LogP contribution is -2.46. The molecule has 0 saturated carbocycles. The van der Waals surface area contributed by atoms with Crippen LogP contribution in [0.25, 0.3) is 0 Å². The van der Waals surface area contributed by atoms with Crippen LogP contribution in [-0.2, 0) is 16.1 Å². The molecule has 0 unspecified atom stereocenters. The summed E-state index contributed by atoms with van der Waals surface area (Å²) in [5.74, 6) is -0.861. The number of hydrogen-bond donors (Lipinski definition) is 1. The molecule has 1 N–H and O–H groups in total. The summed E-state index contributed by atoms with van der Waals surface area (Å²) in [4.78, 5) is 24.5. The molecular formula is C13H20N2O5. The highest BCUT2D eigenvalue weighted by Gasteiger charge is 2.29. The molecule has 0 fully saturated rings. The molecule has 0 aliphatic carbocycles. The maximum atomic E-state index is 12.4. The van der Waals surface area contributed by atoms with Crippen LogP contribution in [0.5, 0.6) is 0 Å². The molecule has 0 radical (unpaired) electrons. The number of carbonyl (C=O) groups is 2. The number of rotatable bonds is 6. The van der Waals surface area contributed by atoms with Crippen molar-refractivity contribution in [1.82, 2.24) is 10.1 Å². The summed E-state index contributed by atoms with van der Waals surface area (Å²) in [5.41, 5.74) is -0.357.